The van der Waals surface area contributed by atoms with Crippen LogP contribution in [-0.2, 0) is 22.2 Å². The van der Waals surface area contributed by atoms with Gasteiger partial charge in [0.05, 0.1) is 18.1 Å². The molecule has 42 heavy (non-hydrogen) atoms. The maximum Gasteiger partial charge on any atom is 0.426 e. The van der Waals surface area contributed by atoms with Crippen LogP contribution in [0.15, 0.2) is 91.0 Å². The van der Waals surface area contributed by atoms with Crippen LogP contribution in [0.5, 0.6) is 11.5 Å². The molecule has 0 atom stereocenters. The van der Waals surface area contributed by atoms with Crippen LogP contribution in [0.1, 0.15) is 28.7 Å². The number of carbonyl (C=O) groups excluding carboxylic acids is 1. The molecule has 4 rings (SSSR count). The maximum atomic E-state index is 14.7. The van der Waals surface area contributed by atoms with E-state index >= 15 is 0 Å². The van der Waals surface area contributed by atoms with Gasteiger partial charge in [-0.25, -0.2) is 4.79 Å². The van der Waals surface area contributed by atoms with E-state index in [2.05, 4.69) is 6.92 Å². The molecule has 4 N–H and O–H groups in total. The van der Waals surface area contributed by atoms with Crippen molar-refractivity contribution in [2.45, 2.75) is 19.1 Å². The van der Waals surface area contributed by atoms with Gasteiger partial charge in [-0.05, 0) is 101 Å². The van der Waals surface area contributed by atoms with Crippen molar-refractivity contribution in [1.29, 1.82) is 5.26 Å². The molecule has 0 saturated heterocycles. The van der Waals surface area contributed by atoms with Crippen molar-refractivity contribution in [1.82, 2.24) is 0 Å². The van der Waals surface area contributed by atoms with Gasteiger partial charge in [-0.1, -0.05) is 24.3 Å². The van der Waals surface area contributed by atoms with Crippen LogP contribution in [0.3, 0.4) is 0 Å². The van der Waals surface area contributed by atoms with Gasteiger partial charge < -0.3 is 25.7 Å². The summed E-state index contributed by atoms with van der Waals surface area (Å²) in [5.41, 5.74) is 16.2. The van der Waals surface area contributed by atoms with Gasteiger partial charge in [-0.15, -0.1) is 0 Å². The smallest absolute Gasteiger partial charge is 0.426 e. The van der Waals surface area contributed by atoms with E-state index in [1.165, 1.54) is 60.7 Å². The first-order valence-electron chi connectivity index (χ1n) is 12.9. The second-order valence-corrected chi connectivity index (χ2v) is 9.24. The second kappa shape index (κ2) is 13.3. The number of nitrogens with zero attached hydrogens (tertiary/aromatic N) is 1. The Labute approximate surface area is 242 Å². The fourth-order valence-corrected chi connectivity index (χ4v) is 4.05. The van der Waals surface area contributed by atoms with Gasteiger partial charge in [0.2, 0.25) is 0 Å². The Morgan fingerprint density at radius 2 is 1.55 bits per heavy atom. The van der Waals surface area contributed by atoms with Crippen molar-refractivity contribution in [3.63, 3.8) is 0 Å². The van der Waals surface area contributed by atoms with Crippen LogP contribution in [-0.4, -0.2) is 12.6 Å². The SMILES string of the molecule is [CH2]c1cc(N)ccc1-c1ccc(N)cc1COC(=O)/C=C/c1ccc(OC(F)(F)c2ccc(OCCC#N)cc2)cc1. The minimum atomic E-state index is -3.59. The molecule has 0 aliphatic heterocycles. The number of hydrogen-bond acceptors (Lipinski definition) is 7. The Morgan fingerprint density at radius 1 is 0.905 bits per heavy atom. The van der Waals surface area contributed by atoms with Crippen molar-refractivity contribution in [2.24, 2.45) is 0 Å². The van der Waals surface area contributed by atoms with Gasteiger partial charge in [-0.3, -0.25) is 0 Å². The van der Waals surface area contributed by atoms with Crippen molar-refractivity contribution >= 4 is 23.4 Å². The molecule has 0 amide bonds. The summed E-state index contributed by atoms with van der Waals surface area (Å²) in [4.78, 5) is 12.4. The molecule has 213 valence electrons. The minimum Gasteiger partial charge on any atom is -0.493 e. The molecule has 0 saturated carbocycles. The quantitative estimate of drug-likeness (QED) is 0.0876. The normalized spacial score (nSPS) is 11.2. The predicted molar refractivity (Wildman–Crippen MR) is 157 cm³/mol. The zero-order valence-electron chi connectivity index (χ0n) is 22.6. The molecule has 1 radical (unpaired) electrons. The first kappa shape index (κ1) is 29.6. The highest BCUT2D eigenvalue weighted by Gasteiger charge is 2.34. The lowest BCUT2D eigenvalue weighted by Crippen LogP contribution is -2.21. The van der Waals surface area contributed by atoms with Gasteiger partial charge in [0.1, 0.15) is 24.7 Å². The van der Waals surface area contributed by atoms with E-state index < -0.39 is 12.1 Å². The molecule has 0 unspecified atom stereocenters. The lowest BCUT2D eigenvalue weighted by atomic mass is 9.95. The summed E-state index contributed by atoms with van der Waals surface area (Å²) < 4.78 is 45.0. The third-order valence-corrected chi connectivity index (χ3v) is 6.13. The number of halogens is 2. The highest BCUT2D eigenvalue weighted by molar-refractivity contribution is 5.87. The van der Waals surface area contributed by atoms with E-state index in [1.54, 1.807) is 24.3 Å². The van der Waals surface area contributed by atoms with Crippen LogP contribution in [0, 0.1) is 18.3 Å². The van der Waals surface area contributed by atoms with Crippen molar-refractivity contribution in [2.75, 3.05) is 18.1 Å². The molecule has 4 aromatic carbocycles. The second-order valence-electron chi connectivity index (χ2n) is 9.24. The zero-order valence-corrected chi connectivity index (χ0v) is 22.6. The highest BCUT2D eigenvalue weighted by atomic mass is 19.3. The molecular weight excluding hydrogens is 540 g/mol. The topological polar surface area (TPSA) is 121 Å². The number of ether oxygens (including phenoxy) is 3. The van der Waals surface area contributed by atoms with Gasteiger partial charge in [0.25, 0.3) is 0 Å². The van der Waals surface area contributed by atoms with Crippen LogP contribution in [0.2, 0.25) is 0 Å². The number of benzene rings is 4. The number of nitriles is 1. The third-order valence-electron chi connectivity index (χ3n) is 6.13. The zero-order chi connectivity index (χ0) is 30.1. The van der Waals surface area contributed by atoms with Crippen molar-refractivity contribution in [3.05, 3.63) is 120 Å². The molecule has 0 aliphatic carbocycles. The Hall–Kier alpha value is -5.36. The Kier molecular flexibility index (Phi) is 9.40. The van der Waals surface area contributed by atoms with E-state index in [1.807, 2.05) is 18.2 Å². The molecule has 0 fully saturated rings. The summed E-state index contributed by atoms with van der Waals surface area (Å²) >= 11 is 0. The first-order valence-corrected chi connectivity index (χ1v) is 12.9. The molecule has 9 heteroatoms. The van der Waals surface area contributed by atoms with E-state index in [-0.39, 0.29) is 30.9 Å². The molecule has 0 heterocycles. The molecule has 0 bridgehead atoms. The van der Waals surface area contributed by atoms with Crippen molar-refractivity contribution < 1.29 is 27.8 Å². The van der Waals surface area contributed by atoms with E-state index in [0.29, 0.717) is 28.3 Å². The number of nitrogens with two attached hydrogens (primary N) is 2. The summed E-state index contributed by atoms with van der Waals surface area (Å²) in [6.45, 7) is 4.19. The molecule has 0 aromatic heterocycles. The Balaban J connectivity index is 1.35. The van der Waals surface area contributed by atoms with E-state index in [0.717, 1.165) is 16.7 Å². The summed E-state index contributed by atoms with van der Waals surface area (Å²) in [6.07, 6.45) is -0.649. The molecular formula is C33H28F2N3O4. The van der Waals surface area contributed by atoms with Gasteiger partial charge >= 0.3 is 12.1 Å². The largest absolute Gasteiger partial charge is 0.493 e. The fraction of sp³-hybridized carbons (Fsp3) is 0.121. The Bertz CT molecular complexity index is 1610. The molecule has 0 aliphatic rings. The molecule has 4 aromatic rings. The van der Waals surface area contributed by atoms with Gasteiger partial charge in [0.15, 0.2) is 0 Å². The maximum absolute atomic E-state index is 14.7. The van der Waals surface area contributed by atoms with E-state index in [9.17, 15) is 13.6 Å². The lowest BCUT2D eigenvalue weighted by molar-refractivity contribution is -0.185. The number of rotatable bonds is 11. The predicted octanol–water partition coefficient (Wildman–Crippen LogP) is 6.88. The van der Waals surface area contributed by atoms with Crippen LogP contribution in [0.25, 0.3) is 17.2 Å². The average Bonchev–Trinajstić information content (AvgIpc) is 2.96. The summed E-state index contributed by atoms with van der Waals surface area (Å²) in [6, 6.07) is 23.6. The number of hydrogen-bond donors (Lipinski definition) is 2. The first-order chi connectivity index (χ1) is 20.1. The van der Waals surface area contributed by atoms with Crippen LogP contribution >= 0.6 is 0 Å². The lowest BCUT2D eigenvalue weighted by Gasteiger charge is -2.18. The highest BCUT2D eigenvalue weighted by Crippen LogP contribution is 2.33. The number of anilines is 2. The van der Waals surface area contributed by atoms with Crippen LogP contribution < -0.4 is 20.9 Å². The Morgan fingerprint density at radius 3 is 2.21 bits per heavy atom. The standard InChI is InChI=1S/C33H28F2N3O4/c1-22-19-26(37)8-14-30(22)31-15-9-27(38)20-24(31)21-41-32(39)16-5-23-3-10-29(11-4-23)42-33(34,35)25-6-12-28(13-7-25)40-18-2-17-36/h3-16,19-20H,1-2,18,21,37-38H2/b16-5+. The number of esters is 1. The third kappa shape index (κ3) is 7.86. The average molecular weight is 569 g/mol. The van der Waals surface area contributed by atoms with Crippen LogP contribution in [0.4, 0.5) is 20.2 Å². The fourth-order valence-electron chi connectivity index (χ4n) is 4.05. The molecule has 0 spiro atoms. The number of alkyl halides is 2. The summed E-state index contributed by atoms with van der Waals surface area (Å²) in [7, 11) is 0. The monoisotopic (exact) mass is 568 g/mol. The minimum absolute atomic E-state index is 0.0256. The van der Waals surface area contributed by atoms with E-state index in [4.69, 9.17) is 30.9 Å². The van der Waals surface area contributed by atoms with Crippen molar-refractivity contribution in [3.8, 4) is 28.7 Å². The van der Waals surface area contributed by atoms with Gasteiger partial charge in [-0.2, -0.15) is 14.0 Å². The van der Waals surface area contributed by atoms with Gasteiger partial charge in [0, 0.05) is 17.5 Å². The summed E-state index contributed by atoms with van der Waals surface area (Å²) in [5.74, 6) is -0.278. The summed E-state index contributed by atoms with van der Waals surface area (Å²) in [5, 5.41) is 8.55. The number of carbonyl (C=O) groups is 1. The number of nitrogen functional groups attached to an aromatic ring is 2. The molecule has 7 nitrogen and oxygen atoms in total.